The molecule has 6 heteroatoms. The van der Waals surface area contributed by atoms with E-state index in [0.717, 1.165) is 29.0 Å². The van der Waals surface area contributed by atoms with Crippen LogP contribution in [0, 0.1) is 6.92 Å². The Morgan fingerprint density at radius 1 is 1.18 bits per heavy atom. The van der Waals surface area contributed by atoms with Crippen molar-refractivity contribution in [2.45, 2.75) is 26.5 Å². The molecule has 0 aliphatic carbocycles. The number of aryl methyl sites for hydroxylation is 1. The highest BCUT2D eigenvalue weighted by molar-refractivity contribution is 5.84. The number of benzene rings is 2. The van der Waals surface area contributed by atoms with Gasteiger partial charge in [0.1, 0.15) is 24.0 Å². The fraction of sp³-hybridized carbons (Fsp3) is 0.318. The van der Waals surface area contributed by atoms with E-state index in [-0.39, 0.29) is 11.9 Å². The molecule has 4 rings (SSSR count). The van der Waals surface area contributed by atoms with Crippen molar-refractivity contribution in [2.75, 3.05) is 19.7 Å². The van der Waals surface area contributed by atoms with Crippen LogP contribution in [-0.4, -0.2) is 35.8 Å². The van der Waals surface area contributed by atoms with E-state index in [0.29, 0.717) is 30.8 Å². The van der Waals surface area contributed by atoms with Crippen LogP contribution in [0.25, 0.3) is 11.0 Å². The summed E-state index contributed by atoms with van der Waals surface area (Å²) in [6.45, 7) is 6.33. The van der Waals surface area contributed by atoms with E-state index in [1.54, 1.807) is 19.1 Å². The van der Waals surface area contributed by atoms with Crippen LogP contribution in [0.5, 0.6) is 17.2 Å². The molecule has 0 amide bonds. The number of likely N-dealkylation sites (N-methyl/N-ethyl adjacent to an activating group) is 1. The van der Waals surface area contributed by atoms with Gasteiger partial charge >= 0.3 is 5.63 Å². The smallest absolute Gasteiger partial charge is 0.336 e. The summed E-state index contributed by atoms with van der Waals surface area (Å²) in [5.41, 5.74) is 1.46. The topological polar surface area (TPSA) is 72.1 Å². The third kappa shape index (κ3) is 3.55. The third-order valence-electron chi connectivity index (χ3n) is 5.09. The Hall–Kier alpha value is -2.99. The zero-order chi connectivity index (χ0) is 19.7. The Kier molecular flexibility index (Phi) is 4.96. The molecule has 0 fully saturated rings. The lowest BCUT2D eigenvalue weighted by Gasteiger charge is -2.31. The molecule has 0 spiro atoms. The van der Waals surface area contributed by atoms with Gasteiger partial charge in [-0.2, -0.15) is 0 Å². The Bertz CT molecular complexity index is 1060. The monoisotopic (exact) mass is 381 g/mol. The van der Waals surface area contributed by atoms with Crippen LogP contribution in [0.1, 0.15) is 18.1 Å². The highest BCUT2D eigenvalue weighted by Crippen LogP contribution is 2.31. The van der Waals surface area contributed by atoms with E-state index in [9.17, 15) is 9.90 Å². The largest absolute Gasteiger partial charge is 0.508 e. The molecule has 0 saturated heterocycles. The molecule has 1 N–H and O–H groups in total. The second-order valence-corrected chi connectivity index (χ2v) is 7.00. The quantitative estimate of drug-likeness (QED) is 0.683. The molecule has 3 aromatic rings. The van der Waals surface area contributed by atoms with Gasteiger partial charge in [0, 0.05) is 30.1 Å². The molecule has 1 aliphatic heterocycles. The number of nitrogens with zero attached hydrogens (tertiary/aromatic N) is 1. The minimum absolute atomic E-state index is 0.0907. The highest BCUT2D eigenvalue weighted by atomic mass is 16.6. The molecule has 0 bridgehead atoms. The van der Waals surface area contributed by atoms with Gasteiger partial charge in [0.2, 0.25) is 0 Å². The van der Waals surface area contributed by atoms with E-state index < -0.39 is 5.63 Å². The van der Waals surface area contributed by atoms with Crippen LogP contribution in [0.4, 0.5) is 0 Å². The molecular weight excluding hydrogens is 358 g/mol. The van der Waals surface area contributed by atoms with Gasteiger partial charge in [-0.3, -0.25) is 4.90 Å². The van der Waals surface area contributed by atoms with Crippen LogP contribution in [0.3, 0.4) is 0 Å². The predicted octanol–water partition coefficient (Wildman–Crippen LogP) is 3.47. The zero-order valence-corrected chi connectivity index (χ0v) is 16.0. The van der Waals surface area contributed by atoms with E-state index in [1.807, 2.05) is 24.3 Å². The molecule has 2 heterocycles. The Morgan fingerprint density at radius 3 is 2.75 bits per heavy atom. The van der Waals surface area contributed by atoms with Crippen LogP contribution in [-0.2, 0) is 6.54 Å². The molecule has 146 valence electrons. The fourth-order valence-corrected chi connectivity index (χ4v) is 3.53. The number of fused-ring (bicyclic) bond motifs is 2. The summed E-state index contributed by atoms with van der Waals surface area (Å²) in [5, 5.41) is 10.8. The summed E-state index contributed by atoms with van der Waals surface area (Å²) < 4.78 is 17.2. The first-order chi connectivity index (χ1) is 13.5. The molecule has 1 aliphatic rings. The molecule has 6 nitrogen and oxygen atoms in total. The zero-order valence-electron chi connectivity index (χ0n) is 16.0. The second-order valence-electron chi connectivity index (χ2n) is 7.00. The molecule has 1 unspecified atom stereocenters. The molecule has 0 radical (unpaired) electrons. The third-order valence-corrected chi connectivity index (χ3v) is 5.09. The lowest BCUT2D eigenvalue weighted by molar-refractivity contribution is 0.0581. The Morgan fingerprint density at radius 2 is 1.96 bits per heavy atom. The van der Waals surface area contributed by atoms with E-state index in [4.69, 9.17) is 13.9 Å². The lowest BCUT2D eigenvalue weighted by atomic mass is 10.1. The Labute approximate surface area is 162 Å². The first-order valence-corrected chi connectivity index (χ1v) is 9.41. The molecule has 1 atom stereocenters. The number of rotatable bonds is 5. The maximum absolute atomic E-state index is 12.1. The summed E-state index contributed by atoms with van der Waals surface area (Å²) in [6.07, 6.45) is -0.0907. The lowest BCUT2D eigenvalue weighted by Crippen LogP contribution is -2.40. The minimum atomic E-state index is -0.418. The normalized spacial score (nSPS) is 15.9. The van der Waals surface area contributed by atoms with Gasteiger partial charge in [-0.05, 0) is 43.3 Å². The summed E-state index contributed by atoms with van der Waals surface area (Å²) >= 11 is 0. The fourth-order valence-electron chi connectivity index (χ4n) is 3.53. The van der Waals surface area contributed by atoms with Gasteiger partial charge in [0.05, 0.1) is 0 Å². The van der Waals surface area contributed by atoms with Crippen LogP contribution in [0.15, 0.2) is 51.7 Å². The summed E-state index contributed by atoms with van der Waals surface area (Å²) in [6, 6.07) is 12.6. The minimum Gasteiger partial charge on any atom is -0.508 e. The summed E-state index contributed by atoms with van der Waals surface area (Å²) in [4.78, 5) is 14.3. The first kappa shape index (κ1) is 18.4. The number of para-hydroxylation sites is 2. The molecule has 0 saturated carbocycles. The average Bonchev–Trinajstić information content (AvgIpc) is 2.70. The number of ether oxygens (including phenoxy) is 2. The number of phenols is 1. The van der Waals surface area contributed by atoms with E-state index >= 15 is 0 Å². The van der Waals surface area contributed by atoms with Gasteiger partial charge in [0.15, 0.2) is 11.5 Å². The standard InChI is InChI=1S/C22H23NO5/c1-3-23(12-16-13-26-19-6-4-5-7-20(19)27-16)11-15-10-21(25)28-22-14(2)18(24)9-8-17(15)22/h4-10,16,24H,3,11-13H2,1-2H3. The highest BCUT2D eigenvalue weighted by Gasteiger charge is 2.23. The maximum atomic E-state index is 12.1. The Balaban J connectivity index is 1.56. The second kappa shape index (κ2) is 7.56. The first-order valence-electron chi connectivity index (χ1n) is 9.41. The SMILES string of the molecule is CCN(Cc1cc(=O)oc2c(C)c(O)ccc12)CC1COc2ccccc2O1. The van der Waals surface area contributed by atoms with E-state index in [1.165, 1.54) is 6.07 Å². The number of phenolic OH excluding ortho intramolecular Hbond substituents is 1. The van der Waals surface area contributed by atoms with Crippen LogP contribution in [0.2, 0.25) is 0 Å². The molecular formula is C22H23NO5. The molecule has 2 aromatic carbocycles. The van der Waals surface area contributed by atoms with Gasteiger partial charge in [-0.1, -0.05) is 19.1 Å². The average molecular weight is 381 g/mol. The summed E-state index contributed by atoms with van der Waals surface area (Å²) in [5.74, 6) is 1.64. The van der Waals surface area contributed by atoms with Crippen molar-refractivity contribution in [1.29, 1.82) is 0 Å². The van der Waals surface area contributed by atoms with Gasteiger partial charge in [0.25, 0.3) is 0 Å². The maximum Gasteiger partial charge on any atom is 0.336 e. The van der Waals surface area contributed by atoms with Crippen molar-refractivity contribution in [2.24, 2.45) is 0 Å². The van der Waals surface area contributed by atoms with Gasteiger partial charge < -0.3 is 19.0 Å². The van der Waals surface area contributed by atoms with Crippen molar-refractivity contribution in [3.63, 3.8) is 0 Å². The van der Waals surface area contributed by atoms with Crippen molar-refractivity contribution in [1.82, 2.24) is 4.90 Å². The number of aromatic hydroxyl groups is 1. The van der Waals surface area contributed by atoms with Crippen molar-refractivity contribution >= 4 is 11.0 Å². The summed E-state index contributed by atoms with van der Waals surface area (Å²) in [7, 11) is 0. The van der Waals surface area contributed by atoms with Crippen molar-refractivity contribution < 1.29 is 19.0 Å². The van der Waals surface area contributed by atoms with E-state index in [2.05, 4.69) is 11.8 Å². The molecule has 1 aromatic heterocycles. The molecule has 28 heavy (non-hydrogen) atoms. The number of hydrogen-bond acceptors (Lipinski definition) is 6. The van der Waals surface area contributed by atoms with Gasteiger partial charge in [-0.25, -0.2) is 4.79 Å². The van der Waals surface area contributed by atoms with Crippen molar-refractivity contribution in [3.05, 3.63) is 64.0 Å². The van der Waals surface area contributed by atoms with Crippen LogP contribution < -0.4 is 15.1 Å². The van der Waals surface area contributed by atoms with Crippen molar-refractivity contribution in [3.8, 4) is 17.2 Å². The predicted molar refractivity (Wildman–Crippen MR) is 106 cm³/mol. The number of hydrogen-bond donors (Lipinski definition) is 1. The van der Waals surface area contributed by atoms with Gasteiger partial charge in [-0.15, -0.1) is 0 Å². The van der Waals surface area contributed by atoms with Crippen LogP contribution >= 0.6 is 0 Å².